The molecule has 0 atom stereocenters. The van der Waals surface area contributed by atoms with E-state index >= 15 is 0 Å². The zero-order valence-corrected chi connectivity index (χ0v) is 17.0. The summed E-state index contributed by atoms with van der Waals surface area (Å²) in [6, 6.07) is 24.4. The van der Waals surface area contributed by atoms with Gasteiger partial charge in [-0.05, 0) is 60.5 Å². The van der Waals surface area contributed by atoms with Gasteiger partial charge in [-0.15, -0.1) is 0 Å². The summed E-state index contributed by atoms with van der Waals surface area (Å²) in [7, 11) is 0. The number of ether oxygens (including phenoxy) is 1. The van der Waals surface area contributed by atoms with Gasteiger partial charge in [-0.1, -0.05) is 42.5 Å². The number of nitrogens with zero attached hydrogens (tertiary/aromatic N) is 1. The Balaban J connectivity index is 1.58. The van der Waals surface area contributed by atoms with Gasteiger partial charge in [-0.2, -0.15) is 0 Å². The molecule has 0 saturated heterocycles. The molecule has 0 radical (unpaired) electrons. The number of rotatable bonds is 6. The molecule has 1 aromatic heterocycles. The first-order chi connectivity index (χ1) is 15.0. The molecule has 154 valence electrons. The highest BCUT2D eigenvalue weighted by molar-refractivity contribution is 6.05. The third-order valence-corrected chi connectivity index (χ3v) is 5.02. The Kier molecular flexibility index (Phi) is 5.67. The van der Waals surface area contributed by atoms with E-state index in [4.69, 9.17) is 9.84 Å². The Bertz CT molecular complexity index is 1270. The van der Waals surface area contributed by atoms with Crippen molar-refractivity contribution in [3.63, 3.8) is 0 Å². The average Bonchev–Trinajstić information content (AvgIpc) is 3.13. The normalized spacial score (nSPS) is 11.1. The zero-order valence-electron chi connectivity index (χ0n) is 17.0. The Morgan fingerprint density at radius 2 is 1.71 bits per heavy atom. The summed E-state index contributed by atoms with van der Waals surface area (Å²) in [5, 5.41) is 9.74. The van der Waals surface area contributed by atoms with Crippen molar-refractivity contribution in [2.75, 3.05) is 0 Å². The van der Waals surface area contributed by atoms with E-state index in [1.807, 2.05) is 61.5 Å². The number of hydrogen-bond donors (Lipinski definition) is 1. The quantitative estimate of drug-likeness (QED) is 0.436. The molecule has 1 N–H and O–H groups in total. The summed E-state index contributed by atoms with van der Waals surface area (Å²) >= 11 is 0. The number of hydrogen-bond acceptors (Lipinski definition) is 3. The standard InChI is InChI=1S/C26H21NO4/c1-18-16-23-20(12-15-25(28)29)8-5-9-24(23)27(18)26(30)21-10-13-22(14-11-21)31-17-19-6-3-2-4-7-19/h2-16H,17H2,1H3,(H,28,29)/b15-12+. The molecule has 0 unspecified atom stereocenters. The van der Waals surface area contributed by atoms with Crippen molar-refractivity contribution in [2.45, 2.75) is 13.5 Å². The van der Waals surface area contributed by atoms with E-state index in [0.29, 0.717) is 17.9 Å². The molecule has 5 nitrogen and oxygen atoms in total. The SMILES string of the molecule is Cc1cc2c(/C=C/C(=O)O)cccc2n1C(=O)c1ccc(OCc2ccccc2)cc1. The third kappa shape index (κ3) is 4.41. The first-order valence-corrected chi connectivity index (χ1v) is 9.86. The Morgan fingerprint density at radius 1 is 0.968 bits per heavy atom. The summed E-state index contributed by atoms with van der Waals surface area (Å²) in [5.41, 5.74) is 3.88. The lowest BCUT2D eigenvalue weighted by Crippen LogP contribution is -2.13. The van der Waals surface area contributed by atoms with Gasteiger partial charge >= 0.3 is 5.97 Å². The highest BCUT2D eigenvalue weighted by Gasteiger charge is 2.16. The van der Waals surface area contributed by atoms with E-state index < -0.39 is 5.97 Å². The average molecular weight is 411 g/mol. The van der Waals surface area contributed by atoms with Gasteiger partial charge in [0, 0.05) is 22.7 Å². The zero-order chi connectivity index (χ0) is 21.8. The fourth-order valence-corrected chi connectivity index (χ4v) is 3.53. The summed E-state index contributed by atoms with van der Waals surface area (Å²) in [5.74, 6) is -0.476. The minimum atomic E-state index is -1.01. The van der Waals surface area contributed by atoms with E-state index in [1.165, 1.54) is 6.08 Å². The van der Waals surface area contributed by atoms with Crippen LogP contribution < -0.4 is 4.74 Å². The molecule has 4 rings (SSSR count). The summed E-state index contributed by atoms with van der Waals surface area (Å²) in [6.07, 6.45) is 2.63. The number of benzene rings is 3. The number of fused-ring (bicyclic) bond motifs is 1. The molecule has 0 spiro atoms. The maximum atomic E-state index is 13.2. The van der Waals surface area contributed by atoms with Crippen molar-refractivity contribution in [3.8, 4) is 5.75 Å². The number of carboxylic acid groups (broad SMARTS) is 1. The monoisotopic (exact) mass is 411 g/mol. The Hall–Kier alpha value is -4.12. The van der Waals surface area contributed by atoms with Gasteiger partial charge < -0.3 is 9.84 Å². The van der Waals surface area contributed by atoms with Crippen molar-refractivity contribution in [1.82, 2.24) is 4.57 Å². The van der Waals surface area contributed by atoms with Crippen LogP contribution in [0.1, 0.15) is 27.2 Å². The fourth-order valence-electron chi connectivity index (χ4n) is 3.53. The van der Waals surface area contributed by atoms with Gasteiger partial charge in [0.05, 0.1) is 5.52 Å². The van der Waals surface area contributed by atoms with Crippen LogP contribution in [0.3, 0.4) is 0 Å². The molecular formula is C26H21NO4. The summed E-state index contributed by atoms with van der Waals surface area (Å²) in [6.45, 7) is 2.32. The molecule has 4 aromatic rings. The second-order valence-electron chi connectivity index (χ2n) is 7.18. The van der Waals surface area contributed by atoms with E-state index in [0.717, 1.165) is 33.8 Å². The molecule has 3 aromatic carbocycles. The highest BCUT2D eigenvalue weighted by atomic mass is 16.5. The van der Waals surface area contributed by atoms with Gasteiger partial charge in [0.2, 0.25) is 0 Å². The van der Waals surface area contributed by atoms with Crippen LogP contribution in [0, 0.1) is 6.92 Å². The number of aromatic nitrogens is 1. The predicted molar refractivity (Wildman–Crippen MR) is 120 cm³/mol. The second-order valence-corrected chi connectivity index (χ2v) is 7.18. The van der Waals surface area contributed by atoms with Crippen molar-refractivity contribution in [1.29, 1.82) is 0 Å². The van der Waals surface area contributed by atoms with Crippen LogP contribution in [-0.2, 0) is 11.4 Å². The van der Waals surface area contributed by atoms with Crippen LogP contribution in [0.2, 0.25) is 0 Å². The van der Waals surface area contributed by atoms with E-state index in [-0.39, 0.29) is 5.91 Å². The van der Waals surface area contributed by atoms with E-state index in [2.05, 4.69) is 0 Å². The van der Waals surface area contributed by atoms with E-state index in [1.54, 1.807) is 28.8 Å². The van der Waals surface area contributed by atoms with Crippen LogP contribution in [0.5, 0.6) is 5.75 Å². The fraction of sp³-hybridized carbons (Fsp3) is 0.0769. The largest absolute Gasteiger partial charge is 0.489 e. The molecule has 0 aliphatic rings. The topological polar surface area (TPSA) is 68.5 Å². The third-order valence-electron chi connectivity index (χ3n) is 5.02. The molecule has 0 fully saturated rings. The van der Waals surface area contributed by atoms with Gasteiger partial charge in [-0.3, -0.25) is 9.36 Å². The lowest BCUT2D eigenvalue weighted by Gasteiger charge is -2.09. The number of carbonyl (C=O) groups is 2. The van der Waals surface area contributed by atoms with Crippen molar-refractivity contribution in [2.24, 2.45) is 0 Å². The van der Waals surface area contributed by atoms with Gasteiger partial charge in [-0.25, -0.2) is 4.79 Å². The molecule has 5 heteroatoms. The Morgan fingerprint density at radius 3 is 2.42 bits per heavy atom. The number of aliphatic carboxylic acids is 1. The van der Waals surface area contributed by atoms with Crippen LogP contribution >= 0.6 is 0 Å². The lowest BCUT2D eigenvalue weighted by molar-refractivity contribution is -0.131. The predicted octanol–water partition coefficient (Wildman–Crippen LogP) is 5.32. The molecule has 0 amide bonds. The molecule has 1 heterocycles. The molecule has 31 heavy (non-hydrogen) atoms. The van der Waals surface area contributed by atoms with Crippen molar-refractivity contribution < 1.29 is 19.4 Å². The molecular weight excluding hydrogens is 390 g/mol. The number of carboxylic acids is 1. The number of carbonyl (C=O) groups excluding carboxylic acids is 1. The van der Waals surface area contributed by atoms with Crippen LogP contribution in [0.25, 0.3) is 17.0 Å². The summed E-state index contributed by atoms with van der Waals surface area (Å²) in [4.78, 5) is 24.1. The van der Waals surface area contributed by atoms with Crippen molar-refractivity contribution in [3.05, 3.63) is 107 Å². The minimum Gasteiger partial charge on any atom is -0.489 e. The smallest absolute Gasteiger partial charge is 0.328 e. The first-order valence-electron chi connectivity index (χ1n) is 9.86. The molecule has 0 saturated carbocycles. The summed E-state index contributed by atoms with van der Waals surface area (Å²) < 4.78 is 7.45. The lowest BCUT2D eigenvalue weighted by atomic mass is 10.1. The first kappa shape index (κ1) is 20.2. The molecule has 0 aliphatic heterocycles. The maximum Gasteiger partial charge on any atom is 0.328 e. The molecule has 0 aliphatic carbocycles. The minimum absolute atomic E-state index is 0.151. The highest BCUT2D eigenvalue weighted by Crippen LogP contribution is 2.26. The number of aryl methyl sites for hydroxylation is 1. The van der Waals surface area contributed by atoms with Gasteiger partial charge in [0.25, 0.3) is 5.91 Å². The van der Waals surface area contributed by atoms with Crippen molar-refractivity contribution >= 4 is 28.9 Å². The second kappa shape index (κ2) is 8.71. The Labute approximate surface area is 179 Å². The van der Waals surface area contributed by atoms with Gasteiger partial charge in [0.15, 0.2) is 0 Å². The molecule has 0 bridgehead atoms. The van der Waals surface area contributed by atoms with E-state index in [9.17, 15) is 9.59 Å². The van der Waals surface area contributed by atoms with Crippen LogP contribution in [0.15, 0.2) is 84.9 Å². The maximum absolute atomic E-state index is 13.2. The van der Waals surface area contributed by atoms with Crippen LogP contribution in [-0.4, -0.2) is 21.6 Å². The van der Waals surface area contributed by atoms with Crippen LogP contribution in [0.4, 0.5) is 0 Å². The van der Waals surface area contributed by atoms with Gasteiger partial charge in [0.1, 0.15) is 12.4 Å².